The summed E-state index contributed by atoms with van der Waals surface area (Å²) in [6.45, 7) is 3.21. The zero-order valence-electron chi connectivity index (χ0n) is 17.9. The van der Waals surface area contributed by atoms with Gasteiger partial charge in [0.15, 0.2) is 0 Å². The van der Waals surface area contributed by atoms with Gasteiger partial charge in [0.25, 0.3) is 0 Å². The molecule has 1 aliphatic rings. The Morgan fingerprint density at radius 2 is 1.97 bits per heavy atom. The van der Waals surface area contributed by atoms with Crippen molar-refractivity contribution < 1.29 is 13.2 Å². The Bertz CT molecular complexity index is 973. The molecule has 0 spiro atoms. The Morgan fingerprint density at radius 3 is 2.62 bits per heavy atom. The summed E-state index contributed by atoms with van der Waals surface area (Å²) in [4.78, 5) is 4.58. The van der Waals surface area contributed by atoms with E-state index in [2.05, 4.69) is 39.8 Å². The maximum atomic E-state index is 12.8. The third-order valence-electron chi connectivity index (χ3n) is 5.61. The highest BCUT2D eigenvalue weighted by molar-refractivity contribution is 7.89. The monoisotopic (exact) mass is 417 g/mol. The van der Waals surface area contributed by atoms with Crippen LogP contribution in [0.2, 0.25) is 0 Å². The molecule has 0 radical (unpaired) electrons. The van der Waals surface area contributed by atoms with E-state index in [1.54, 1.807) is 25.3 Å². The van der Waals surface area contributed by atoms with Crippen LogP contribution in [0.15, 0.2) is 41.3 Å². The number of anilines is 1. The zero-order valence-corrected chi connectivity index (χ0v) is 18.7. The topological polar surface area (TPSA) is 61.9 Å². The Labute approximate surface area is 174 Å². The lowest BCUT2D eigenvalue weighted by Crippen LogP contribution is -2.35. The number of benzene rings is 2. The van der Waals surface area contributed by atoms with E-state index in [0.29, 0.717) is 12.3 Å². The van der Waals surface area contributed by atoms with E-state index in [1.165, 1.54) is 11.3 Å². The van der Waals surface area contributed by atoms with Gasteiger partial charge in [-0.15, -0.1) is 0 Å². The number of nitrogens with zero attached hydrogens (tertiary/aromatic N) is 2. The minimum Gasteiger partial charge on any atom is -0.496 e. The summed E-state index contributed by atoms with van der Waals surface area (Å²) in [6, 6.07) is 11.3. The maximum absolute atomic E-state index is 12.8. The van der Waals surface area contributed by atoms with Crippen molar-refractivity contribution in [1.82, 2.24) is 9.62 Å². The van der Waals surface area contributed by atoms with Crippen LogP contribution in [-0.4, -0.2) is 54.7 Å². The fourth-order valence-electron chi connectivity index (χ4n) is 3.90. The zero-order chi connectivity index (χ0) is 21.2. The summed E-state index contributed by atoms with van der Waals surface area (Å²) < 4.78 is 33.7. The van der Waals surface area contributed by atoms with Crippen LogP contribution in [0.5, 0.6) is 5.75 Å². The van der Waals surface area contributed by atoms with E-state index in [1.807, 2.05) is 21.0 Å². The van der Waals surface area contributed by atoms with Gasteiger partial charge < -0.3 is 14.5 Å². The van der Waals surface area contributed by atoms with Gasteiger partial charge in [0.05, 0.1) is 12.0 Å². The molecule has 1 atom stereocenters. The molecule has 0 aromatic heterocycles. The van der Waals surface area contributed by atoms with Gasteiger partial charge in [-0.3, -0.25) is 0 Å². The number of methoxy groups -OCH3 is 1. The Morgan fingerprint density at radius 1 is 1.21 bits per heavy atom. The number of fused-ring (bicyclic) bond motifs is 1. The quantitative estimate of drug-likeness (QED) is 0.751. The molecule has 7 heteroatoms. The first-order valence-electron chi connectivity index (χ1n) is 9.87. The van der Waals surface area contributed by atoms with Crippen molar-refractivity contribution in [2.24, 2.45) is 0 Å². The molecule has 0 fully saturated rings. The number of ether oxygens (including phenoxy) is 1. The van der Waals surface area contributed by atoms with Gasteiger partial charge in [-0.1, -0.05) is 12.1 Å². The molecule has 1 N–H and O–H groups in total. The Kier molecular flexibility index (Phi) is 6.51. The lowest BCUT2D eigenvalue weighted by atomic mass is 9.96. The minimum absolute atomic E-state index is 0.0540. The highest BCUT2D eigenvalue weighted by Gasteiger charge is 2.22. The fourth-order valence-corrected chi connectivity index (χ4v) is 5.02. The summed E-state index contributed by atoms with van der Waals surface area (Å²) in [7, 11) is 4.03. The number of rotatable bonds is 7. The van der Waals surface area contributed by atoms with E-state index in [9.17, 15) is 8.42 Å². The summed E-state index contributed by atoms with van der Waals surface area (Å²) in [6.07, 6.45) is 2.20. The second kappa shape index (κ2) is 8.73. The molecule has 1 aliphatic heterocycles. The predicted octanol–water partition coefficient (Wildman–Crippen LogP) is 2.97. The van der Waals surface area contributed by atoms with Crippen molar-refractivity contribution in [2.75, 3.05) is 46.2 Å². The Balaban J connectivity index is 1.80. The third kappa shape index (κ3) is 4.74. The predicted molar refractivity (Wildman–Crippen MR) is 117 cm³/mol. The number of likely N-dealkylation sites (N-methyl/N-ethyl adjacent to an activating group) is 1. The molecule has 0 bridgehead atoms. The molecule has 0 saturated heterocycles. The van der Waals surface area contributed by atoms with Crippen LogP contribution in [-0.2, 0) is 16.4 Å². The highest BCUT2D eigenvalue weighted by atomic mass is 32.2. The van der Waals surface area contributed by atoms with Crippen molar-refractivity contribution in [2.45, 2.75) is 30.7 Å². The van der Waals surface area contributed by atoms with Crippen molar-refractivity contribution in [3.63, 3.8) is 0 Å². The van der Waals surface area contributed by atoms with Crippen LogP contribution in [0.4, 0.5) is 5.69 Å². The van der Waals surface area contributed by atoms with Crippen LogP contribution < -0.4 is 14.4 Å². The smallest absolute Gasteiger partial charge is 0.240 e. The maximum Gasteiger partial charge on any atom is 0.240 e. The summed E-state index contributed by atoms with van der Waals surface area (Å²) >= 11 is 0. The number of hydrogen-bond donors (Lipinski definition) is 1. The number of aryl methyl sites for hydroxylation is 2. The summed E-state index contributed by atoms with van der Waals surface area (Å²) in [5, 5.41) is 0. The second-order valence-corrected chi connectivity index (χ2v) is 9.64. The molecular formula is C22H31N3O3S. The molecule has 0 amide bonds. The Hall–Kier alpha value is -2.09. The van der Waals surface area contributed by atoms with Gasteiger partial charge >= 0.3 is 0 Å². The molecule has 6 nitrogen and oxygen atoms in total. The summed E-state index contributed by atoms with van der Waals surface area (Å²) in [5.74, 6) is 0.675. The molecular weight excluding hydrogens is 386 g/mol. The van der Waals surface area contributed by atoms with E-state index < -0.39 is 10.0 Å². The molecule has 2 aromatic rings. The number of sulfonamides is 1. The van der Waals surface area contributed by atoms with Crippen molar-refractivity contribution in [1.29, 1.82) is 0 Å². The first-order chi connectivity index (χ1) is 13.7. The van der Waals surface area contributed by atoms with Gasteiger partial charge in [0.1, 0.15) is 5.75 Å². The fraction of sp³-hybridized carbons (Fsp3) is 0.455. The van der Waals surface area contributed by atoms with E-state index in [-0.39, 0.29) is 10.9 Å². The normalized spacial score (nSPS) is 15.3. The SMILES string of the molecule is COc1ccc(S(=O)(=O)NCC(c2ccc3c(c2)CCCN3C)N(C)C)cc1C. The van der Waals surface area contributed by atoms with Crippen molar-refractivity contribution in [3.8, 4) is 5.75 Å². The molecule has 3 rings (SSSR count). The molecule has 29 heavy (non-hydrogen) atoms. The van der Waals surface area contributed by atoms with E-state index in [4.69, 9.17) is 4.74 Å². The largest absolute Gasteiger partial charge is 0.496 e. The van der Waals surface area contributed by atoms with Crippen molar-refractivity contribution >= 4 is 15.7 Å². The molecule has 0 aliphatic carbocycles. The molecule has 1 heterocycles. The molecule has 2 aromatic carbocycles. The lowest BCUT2D eigenvalue weighted by molar-refractivity contribution is 0.299. The third-order valence-corrected chi connectivity index (χ3v) is 7.03. The lowest BCUT2D eigenvalue weighted by Gasteiger charge is -2.30. The van der Waals surface area contributed by atoms with Crippen molar-refractivity contribution in [3.05, 3.63) is 53.1 Å². The molecule has 0 saturated carbocycles. The van der Waals surface area contributed by atoms with Gasteiger partial charge in [-0.25, -0.2) is 13.1 Å². The van der Waals surface area contributed by atoms with Crippen LogP contribution in [0, 0.1) is 6.92 Å². The minimum atomic E-state index is -3.61. The van der Waals surface area contributed by atoms with Gasteiger partial charge in [0.2, 0.25) is 10.0 Å². The number of hydrogen-bond acceptors (Lipinski definition) is 5. The van der Waals surface area contributed by atoms with E-state index in [0.717, 1.165) is 30.5 Å². The van der Waals surface area contributed by atoms with Gasteiger partial charge in [0, 0.05) is 31.9 Å². The van der Waals surface area contributed by atoms with Crippen LogP contribution in [0.1, 0.15) is 29.2 Å². The molecule has 1 unspecified atom stereocenters. The number of nitrogens with one attached hydrogen (secondary N) is 1. The van der Waals surface area contributed by atoms with E-state index >= 15 is 0 Å². The molecule has 158 valence electrons. The van der Waals surface area contributed by atoms with Crippen LogP contribution in [0.25, 0.3) is 0 Å². The van der Waals surface area contributed by atoms with Gasteiger partial charge in [-0.05, 0) is 74.8 Å². The average molecular weight is 418 g/mol. The van der Waals surface area contributed by atoms with Crippen LogP contribution >= 0.6 is 0 Å². The second-order valence-electron chi connectivity index (χ2n) is 7.88. The van der Waals surface area contributed by atoms with Gasteiger partial charge in [-0.2, -0.15) is 0 Å². The van der Waals surface area contributed by atoms with Crippen LogP contribution in [0.3, 0.4) is 0 Å². The average Bonchev–Trinajstić information content (AvgIpc) is 2.68. The first-order valence-corrected chi connectivity index (χ1v) is 11.4. The highest BCUT2D eigenvalue weighted by Crippen LogP contribution is 2.30. The standard InChI is InChI=1S/C22H31N3O3S/c1-16-13-19(9-11-22(16)28-5)29(26,27)23-15-21(24(2)3)18-8-10-20-17(14-18)7-6-12-25(20)4/h8-11,13-14,21,23H,6-7,12,15H2,1-5H3. The summed E-state index contributed by atoms with van der Waals surface area (Å²) in [5.41, 5.74) is 4.51. The first kappa shape index (κ1) is 21.6.